The number of nitrogens with zero attached hydrogens (tertiary/aromatic N) is 2. The maximum Gasteiger partial charge on any atom is 0.488 e. The highest BCUT2D eigenvalue weighted by Crippen LogP contribution is 2.32. The van der Waals surface area contributed by atoms with Gasteiger partial charge in [0.05, 0.1) is 11.1 Å². The molecule has 0 aliphatic rings. The number of benzene rings is 3. The molecule has 0 aliphatic carbocycles. The Labute approximate surface area is 240 Å². The zero-order chi connectivity index (χ0) is 28.6. The van der Waals surface area contributed by atoms with E-state index in [1.165, 1.54) is 0 Å². The molecule has 4 aromatic rings. The summed E-state index contributed by atoms with van der Waals surface area (Å²) in [7, 11) is 4.51. The first-order valence-corrected chi connectivity index (χ1v) is 14.5. The third-order valence-corrected chi connectivity index (χ3v) is 8.16. The molecule has 0 amide bonds. The number of pyridine rings is 1. The smallest absolute Gasteiger partial charge is 0.423 e. The van der Waals surface area contributed by atoms with Crippen molar-refractivity contribution in [2.75, 3.05) is 38.3 Å². The average Bonchev–Trinajstić information content (AvgIpc) is 2.93. The molecule has 0 radical (unpaired) electrons. The lowest BCUT2D eigenvalue weighted by molar-refractivity contribution is 0.112. The number of anilines is 1. The van der Waals surface area contributed by atoms with E-state index in [-0.39, 0.29) is 11.1 Å². The third-order valence-electron chi connectivity index (χ3n) is 7.09. The van der Waals surface area contributed by atoms with Crippen LogP contribution in [0.15, 0.2) is 71.5 Å². The van der Waals surface area contributed by atoms with E-state index in [2.05, 4.69) is 28.1 Å². The second-order valence-corrected chi connectivity index (χ2v) is 11.3. The topological polar surface area (TPSA) is 96.9 Å². The molecule has 9 heteroatoms. The summed E-state index contributed by atoms with van der Waals surface area (Å²) < 4.78 is 0. The summed E-state index contributed by atoms with van der Waals surface area (Å²) in [4.78, 5) is 32.3. The van der Waals surface area contributed by atoms with E-state index in [1.54, 1.807) is 23.9 Å². The van der Waals surface area contributed by atoms with E-state index in [0.717, 1.165) is 57.6 Å². The molecule has 4 rings (SSSR count). The molecule has 0 spiro atoms. The minimum atomic E-state index is -1.49. The van der Waals surface area contributed by atoms with Crippen molar-refractivity contribution in [3.63, 3.8) is 0 Å². The summed E-state index contributed by atoms with van der Waals surface area (Å²) in [5, 5.41) is 20.2. The molecule has 3 aromatic carbocycles. The Morgan fingerprint density at radius 1 is 0.950 bits per heavy atom. The van der Waals surface area contributed by atoms with Crippen molar-refractivity contribution in [3.8, 4) is 0 Å². The minimum absolute atomic E-state index is 0.194. The van der Waals surface area contributed by atoms with Gasteiger partial charge in [-0.25, -0.2) is 0 Å². The Morgan fingerprint density at radius 2 is 1.68 bits per heavy atom. The van der Waals surface area contributed by atoms with Crippen LogP contribution < -0.4 is 15.9 Å². The highest BCUT2D eigenvalue weighted by molar-refractivity contribution is 7.98. The normalized spacial score (nSPS) is 11.2. The van der Waals surface area contributed by atoms with Gasteiger partial charge in [0.15, 0.2) is 6.29 Å². The van der Waals surface area contributed by atoms with Crippen LogP contribution in [0.4, 0.5) is 5.69 Å². The molecule has 1 heterocycles. The van der Waals surface area contributed by atoms with E-state index >= 15 is 0 Å². The van der Waals surface area contributed by atoms with E-state index in [0.29, 0.717) is 30.5 Å². The number of aromatic nitrogens is 1. The molecule has 7 nitrogen and oxygen atoms in total. The van der Waals surface area contributed by atoms with Crippen molar-refractivity contribution in [2.24, 2.45) is 0 Å². The number of H-pyrrole nitrogens is 1. The van der Waals surface area contributed by atoms with Crippen molar-refractivity contribution < 1.29 is 14.8 Å². The zero-order valence-corrected chi connectivity index (χ0v) is 24.1. The fourth-order valence-corrected chi connectivity index (χ4v) is 6.08. The SMILES string of the molecule is CN(CCCSCc1c(C=O)c(=O)[nH]c2c(Cc3ccccc3)c(N(C)C)ccc12)Cc1ccccc1B(O)O. The molecule has 0 saturated carbocycles. The molecule has 208 valence electrons. The van der Waals surface area contributed by atoms with Crippen LogP contribution in [0.5, 0.6) is 0 Å². The lowest BCUT2D eigenvalue weighted by Gasteiger charge is -2.21. The second-order valence-electron chi connectivity index (χ2n) is 10.2. The number of aldehydes is 1. The first-order chi connectivity index (χ1) is 19.3. The molecule has 1 aromatic heterocycles. The van der Waals surface area contributed by atoms with Crippen molar-refractivity contribution in [3.05, 3.63) is 105 Å². The van der Waals surface area contributed by atoms with Crippen LogP contribution in [0.2, 0.25) is 0 Å². The van der Waals surface area contributed by atoms with E-state index < -0.39 is 7.12 Å². The maximum atomic E-state index is 13.0. The highest BCUT2D eigenvalue weighted by atomic mass is 32.2. The molecule has 0 atom stereocenters. The number of nitrogens with one attached hydrogen (secondary N) is 1. The maximum absolute atomic E-state index is 13.0. The lowest BCUT2D eigenvalue weighted by Crippen LogP contribution is -2.35. The van der Waals surface area contributed by atoms with Crippen molar-refractivity contribution in [1.82, 2.24) is 9.88 Å². The monoisotopic (exact) mass is 557 g/mol. The summed E-state index contributed by atoms with van der Waals surface area (Å²) in [6.45, 7) is 1.44. The number of carbonyl (C=O) groups is 1. The van der Waals surface area contributed by atoms with E-state index in [9.17, 15) is 19.6 Å². The molecule has 0 saturated heterocycles. The molecule has 0 fully saturated rings. The Balaban J connectivity index is 1.50. The van der Waals surface area contributed by atoms with Crippen LogP contribution >= 0.6 is 11.8 Å². The second kappa shape index (κ2) is 13.8. The van der Waals surface area contributed by atoms with Gasteiger partial charge in [-0.05, 0) is 54.0 Å². The van der Waals surface area contributed by atoms with Gasteiger partial charge in [-0.3, -0.25) is 9.59 Å². The van der Waals surface area contributed by atoms with Crippen molar-refractivity contribution in [1.29, 1.82) is 0 Å². The average molecular weight is 558 g/mol. The van der Waals surface area contributed by atoms with Crippen molar-refractivity contribution >= 4 is 47.2 Å². The largest absolute Gasteiger partial charge is 0.488 e. The number of fused-ring (bicyclic) bond motifs is 1. The number of hydrogen-bond acceptors (Lipinski definition) is 7. The predicted octanol–water partition coefficient (Wildman–Crippen LogP) is 3.43. The predicted molar refractivity (Wildman–Crippen MR) is 167 cm³/mol. The number of aromatic amines is 1. The molecule has 40 heavy (non-hydrogen) atoms. The van der Waals surface area contributed by atoms with Gasteiger partial charge in [0.25, 0.3) is 5.56 Å². The van der Waals surface area contributed by atoms with Crippen LogP contribution in [-0.4, -0.2) is 66.8 Å². The first kappa shape index (κ1) is 29.6. The molecular weight excluding hydrogens is 521 g/mol. The Hall–Kier alpha value is -3.37. The van der Waals surface area contributed by atoms with Crippen molar-refractivity contribution in [2.45, 2.75) is 25.1 Å². The quantitative estimate of drug-likeness (QED) is 0.132. The van der Waals surface area contributed by atoms with Gasteiger partial charge >= 0.3 is 7.12 Å². The third kappa shape index (κ3) is 7.03. The Kier molecular flexibility index (Phi) is 10.2. The van der Waals surface area contributed by atoms with Crippen LogP contribution in [0.3, 0.4) is 0 Å². The fraction of sp³-hybridized carbons (Fsp3) is 0.290. The Bertz CT molecular complexity index is 1510. The summed E-state index contributed by atoms with van der Waals surface area (Å²) in [5.41, 5.74) is 6.02. The van der Waals surface area contributed by atoms with Gasteiger partial charge < -0.3 is 24.8 Å². The lowest BCUT2D eigenvalue weighted by atomic mass is 9.77. The zero-order valence-electron chi connectivity index (χ0n) is 23.3. The summed E-state index contributed by atoms with van der Waals surface area (Å²) in [5.74, 6) is 1.41. The van der Waals surface area contributed by atoms with E-state index in [1.807, 2.05) is 62.4 Å². The number of thioether (sulfide) groups is 1. The van der Waals surface area contributed by atoms with Gasteiger partial charge in [0, 0.05) is 49.5 Å². The molecular formula is C31H36BN3O4S. The number of carbonyl (C=O) groups excluding carboxylic acids is 1. The molecule has 3 N–H and O–H groups in total. The molecule has 0 aliphatic heterocycles. The van der Waals surface area contributed by atoms with Gasteiger partial charge in [-0.15, -0.1) is 0 Å². The fourth-order valence-electron chi connectivity index (χ4n) is 5.08. The molecule has 0 bridgehead atoms. The van der Waals surface area contributed by atoms with Gasteiger partial charge in [0.1, 0.15) is 0 Å². The number of hydrogen-bond donors (Lipinski definition) is 3. The van der Waals surface area contributed by atoms with Crippen LogP contribution in [-0.2, 0) is 18.7 Å². The van der Waals surface area contributed by atoms with Crippen LogP contribution in [0.1, 0.15) is 39.0 Å². The van der Waals surface area contributed by atoms with Gasteiger partial charge in [-0.1, -0.05) is 60.7 Å². The first-order valence-electron chi connectivity index (χ1n) is 13.4. The van der Waals surface area contributed by atoms with Gasteiger partial charge in [-0.2, -0.15) is 11.8 Å². The molecule has 0 unspecified atom stereocenters. The standard InChI is InChI=1S/C31H36BN3O4S/c1-34(2)29-15-14-24-27(21-40-17-9-16-35(3)19-23-12-7-8-13-28(23)32(38)39)26(20-36)31(37)33-30(24)25(29)18-22-10-5-4-6-11-22/h4-8,10-15,20,38-39H,9,16-19,21H2,1-3H3,(H,33,37). The van der Waals surface area contributed by atoms with E-state index in [4.69, 9.17) is 0 Å². The minimum Gasteiger partial charge on any atom is -0.423 e. The van der Waals surface area contributed by atoms with Crippen LogP contribution in [0, 0.1) is 0 Å². The summed E-state index contributed by atoms with van der Waals surface area (Å²) >= 11 is 1.71. The highest BCUT2D eigenvalue weighted by Gasteiger charge is 2.19. The van der Waals surface area contributed by atoms with Crippen LogP contribution in [0.25, 0.3) is 10.9 Å². The van der Waals surface area contributed by atoms with Gasteiger partial charge in [0.2, 0.25) is 0 Å². The summed E-state index contributed by atoms with van der Waals surface area (Å²) in [6.07, 6.45) is 2.25. The summed E-state index contributed by atoms with van der Waals surface area (Å²) in [6, 6.07) is 21.6. The Morgan fingerprint density at radius 3 is 2.38 bits per heavy atom. The number of rotatable bonds is 13.